The molecule has 44 heavy (non-hydrogen) atoms. The number of aliphatic imine (C=N–C) groups is 1. The van der Waals surface area contributed by atoms with E-state index < -0.39 is 72.2 Å². The van der Waals surface area contributed by atoms with E-state index >= 15 is 0 Å². The van der Waals surface area contributed by atoms with Crippen molar-refractivity contribution in [3.63, 3.8) is 0 Å². The third-order valence-corrected chi connectivity index (χ3v) is 9.47. The van der Waals surface area contributed by atoms with Gasteiger partial charge in [0.05, 0.1) is 8.22 Å². The van der Waals surface area contributed by atoms with Gasteiger partial charge < -0.3 is 0 Å². The smallest absolute Gasteiger partial charge is 0.0602 e. The minimum atomic E-state index is -0.690. The van der Waals surface area contributed by atoms with Crippen molar-refractivity contribution in [3.05, 3.63) is 168 Å². The molecule has 4 heteroatoms. The average Bonchev–Trinajstić information content (AvgIpc) is 3.76. The summed E-state index contributed by atoms with van der Waals surface area (Å²) >= 11 is 2.81. The van der Waals surface area contributed by atoms with E-state index in [2.05, 4.69) is 18.2 Å². The molecule has 0 spiro atoms. The van der Waals surface area contributed by atoms with Gasteiger partial charge in [0.1, 0.15) is 0 Å². The average molecular weight is 763 g/mol. The topological polar surface area (TPSA) is 17.3 Å². The predicted molar refractivity (Wildman–Crippen MR) is 186 cm³/mol. The number of rotatable bonds is 6. The van der Waals surface area contributed by atoms with E-state index in [1.807, 2.05) is 54.6 Å². The van der Waals surface area contributed by atoms with Crippen LogP contribution in [0.2, 0.25) is 0 Å². The molecule has 0 amide bonds. The van der Waals surface area contributed by atoms with Crippen molar-refractivity contribution >= 4 is 69.1 Å². The zero-order chi connectivity index (χ0) is 39.9. The fraction of sp³-hybridized carbons (Fsp3) is 0. The zero-order valence-corrected chi connectivity index (χ0v) is 26.5. The summed E-state index contributed by atoms with van der Waals surface area (Å²) in [5.41, 5.74) is 1.22. The summed E-state index contributed by atoms with van der Waals surface area (Å²) in [6.45, 7) is 0. The van der Waals surface area contributed by atoms with Crippen LogP contribution >= 0.6 is 11.3 Å². The molecular formula is C40H26N2SW. The van der Waals surface area contributed by atoms with Crippen molar-refractivity contribution in [1.29, 1.82) is 0 Å². The second-order valence-electron chi connectivity index (χ2n) is 9.82. The molecule has 0 saturated carbocycles. The van der Waals surface area contributed by atoms with Crippen LogP contribution in [0.5, 0.6) is 0 Å². The summed E-state index contributed by atoms with van der Waals surface area (Å²) in [6, 6.07) is 16.7. The van der Waals surface area contributed by atoms with E-state index in [0.717, 1.165) is 59.2 Å². The molecule has 0 unspecified atom stereocenters. The summed E-state index contributed by atoms with van der Waals surface area (Å²) in [5.74, 6) is 0. The van der Waals surface area contributed by atoms with Crippen molar-refractivity contribution in [3.8, 4) is 5.69 Å². The number of para-hydroxylation sites is 2. The Morgan fingerprint density at radius 1 is 0.705 bits per heavy atom. The van der Waals surface area contributed by atoms with Gasteiger partial charge in [0, 0.05) is 0 Å². The molecule has 0 aliphatic heterocycles. The Hall–Kier alpha value is -4.69. The Balaban J connectivity index is 1.39. The quantitative estimate of drug-likeness (QED) is 0.150. The van der Waals surface area contributed by atoms with Gasteiger partial charge in [-0.25, -0.2) is 0 Å². The van der Waals surface area contributed by atoms with E-state index in [9.17, 15) is 2.74 Å². The number of hydrogen-bond acceptors (Lipinski definition) is 2. The molecule has 0 atom stereocenters. The Bertz CT molecular complexity index is 3050. The molecule has 8 aromatic rings. The first-order valence-electron chi connectivity index (χ1n) is 19.6. The van der Waals surface area contributed by atoms with Crippen LogP contribution in [0.1, 0.15) is 33.1 Å². The Labute approximate surface area is 287 Å². The van der Waals surface area contributed by atoms with Crippen molar-refractivity contribution in [2.75, 3.05) is 0 Å². The van der Waals surface area contributed by atoms with Gasteiger partial charge in [0.25, 0.3) is 0 Å². The van der Waals surface area contributed by atoms with Gasteiger partial charge in [-0.05, 0) is 0 Å². The van der Waals surface area contributed by atoms with E-state index in [1.165, 1.54) is 6.08 Å². The third kappa shape index (κ3) is 4.79. The van der Waals surface area contributed by atoms with Crippen LogP contribution in [0.4, 0.5) is 0 Å². The van der Waals surface area contributed by atoms with E-state index in [-0.39, 0.29) is 33.4 Å². The summed E-state index contributed by atoms with van der Waals surface area (Å²) in [6.07, 6.45) is 3.15. The first kappa shape index (κ1) is 17.0. The van der Waals surface area contributed by atoms with Crippen LogP contribution in [0.3, 0.4) is 0 Å². The molecular weight excluding hydrogens is 724 g/mol. The minimum Gasteiger partial charge on any atom is -0.0602 e. The van der Waals surface area contributed by atoms with Crippen LogP contribution < -0.4 is 0 Å². The molecule has 0 saturated heterocycles. The van der Waals surface area contributed by atoms with Gasteiger partial charge in [-0.1, -0.05) is 18.1 Å². The molecule has 0 aliphatic carbocycles. The van der Waals surface area contributed by atoms with Crippen LogP contribution in [0, 0.1) is 0 Å². The molecule has 0 aliphatic rings. The fourth-order valence-electron chi connectivity index (χ4n) is 5.28. The van der Waals surface area contributed by atoms with Crippen LogP contribution in [-0.2, 0) is 19.4 Å². The molecule has 6 aromatic carbocycles. The molecule has 8 rings (SSSR count). The van der Waals surface area contributed by atoms with E-state index in [0.29, 0.717) is 5.71 Å². The normalized spacial score (nSPS) is 16.0. The Morgan fingerprint density at radius 3 is 2.34 bits per heavy atom. The van der Waals surface area contributed by atoms with Crippen molar-refractivity contribution in [1.82, 2.24) is 4.57 Å². The zero-order valence-electron chi connectivity index (χ0n) is 34.8. The number of allylic oxidation sites excluding steroid dienone is 1. The standard InChI is InChI=1S/C40H26N2S.W/c1-3-12-29(13-4-1)35(41-27-30-14-11-21-39-40(30)33-18-8-10-20-38(33)43-39)24-22-28-23-25-37-34(26-28)32-17-7-9-19-36(32)42(37)31-15-5-2-6-16-31;/h1-26H;/i2D,5D,6D,7D,9D,15D,16D,17D,19D,23D,25D,26D;. The van der Waals surface area contributed by atoms with Gasteiger partial charge >= 0.3 is 262 Å². The first-order chi connectivity index (χ1) is 26.7. The molecule has 2 heterocycles. The molecule has 208 valence electrons. The summed E-state index contributed by atoms with van der Waals surface area (Å²) in [5, 5.41) is 1.93. The molecule has 0 bridgehead atoms. The SMILES string of the molecule is [2H]c1c([2H])c([2H])c(-n2c3c([2H])c([2H])c([2H])c([2H])c3c3c([2H])c(C=CC(=N[C](=[W])c4cccc5sc6ccccc6c45)c4ccccc4)c([2H])c([2H])c32)c([2H])c1[2H]. The van der Waals surface area contributed by atoms with Gasteiger partial charge in [-0.15, -0.1) is 0 Å². The maximum absolute atomic E-state index is 9.47. The Morgan fingerprint density at radius 2 is 1.45 bits per heavy atom. The number of aromatic nitrogens is 1. The molecule has 2 aromatic heterocycles. The number of fused-ring (bicyclic) bond motifs is 6. The summed E-state index contributed by atoms with van der Waals surface area (Å²) in [4.78, 5) is 5.12. The molecule has 0 radical (unpaired) electrons. The Kier molecular flexibility index (Phi) is 4.41. The predicted octanol–water partition coefficient (Wildman–Crippen LogP) is 10.4. The third-order valence-electron chi connectivity index (χ3n) is 7.22. The number of hydrogen-bond donors (Lipinski definition) is 0. The van der Waals surface area contributed by atoms with Crippen molar-refractivity contribution in [2.45, 2.75) is 0 Å². The van der Waals surface area contributed by atoms with Crippen LogP contribution in [-0.4, -0.2) is 14.3 Å². The van der Waals surface area contributed by atoms with Gasteiger partial charge in [-0.3, -0.25) is 0 Å². The van der Waals surface area contributed by atoms with E-state index in [4.69, 9.17) is 18.7 Å². The number of thiophene rings is 1. The first-order valence-corrected chi connectivity index (χ1v) is 15.9. The maximum atomic E-state index is 9.47. The van der Waals surface area contributed by atoms with Gasteiger partial charge in [0.15, 0.2) is 0 Å². The minimum absolute atomic E-state index is 0.0328. The van der Waals surface area contributed by atoms with Crippen LogP contribution in [0.25, 0.3) is 53.7 Å². The number of nitrogens with zero attached hydrogens (tertiary/aromatic N) is 2. The molecule has 2 nitrogen and oxygen atoms in total. The van der Waals surface area contributed by atoms with Gasteiger partial charge in [-0.2, -0.15) is 0 Å². The van der Waals surface area contributed by atoms with Crippen molar-refractivity contribution in [2.24, 2.45) is 4.99 Å². The van der Waals surface area contributed by atoms with Crippen LogP contribution in [0.15, 0.2) is 156 Å². The molecule has 0 fully saturated rings. The fourth-order valence-corrected chi connectivity index (χ4v) is 7.38. The second-order valence-corrected chi connectivity index (χ2v) is 12.3. The monoisotopic (exact) mass is 762 g/mol. The van der Waals surface area contributed by atoms with Crippen molar-refractivity contribution < 1.29 is 35.8 Å². The van der Waals surface area contributed by atoms with E-state index in [1.54, 1.807) is 17.4 Å². The molecule has 0 N–H and O–H groups in total. The number of benzene rings is 6. The summed E-state index contributed by atoms with van der Waals surface area (Å²) < 4.78 is 109. The summed E-state index contributed by atoms with van der Waals surface area (Å²) in [7, 11) is 0. The van der Waals surface area contributed by atoms with Gasteiger partial charge in [0.2, 0.25) is 0 Å². The second kappa shape index (κ2) is 11.4.